The number of alkyl halides is 3. The highest BCUT2D eigenvalue weighted by atomic mass is 35.5. The number of fused-ring (bicyclic) bond motifs is 2. The van der Waals surface area contributed by atoms with Gasteiger partial charge in [-0.05, 0) is 49.4 Å². The highest BCUT2D eigenvalue weighted by Gasteiger charge is 2.46. The average Bonchev–Trinajstić information content (AvgIpc) is 3.83. The summed E-state index contributed by atoms with van der Waals surface area (Å²) in [6.07, 6.45) is -1.52. The molecule has 0 bridgehead atoms. The maximum atomic E-state index is 14.0. The average molecular weight is 854 g/mol. The number of carbonyl (C=O) groups excluding carboxylic acids is 1. The smallest absolute Gasteiger partial charge is 0.433 e. The molecule has 1 spiro atoms. The molecule has 310 valence electrons. The summed E-state index contributed by atoms with van der Waals surface area (Å²) in [6, 6.07) is 13.0. The van der Waals surface area contributed by atoms with Gasteiger partial charge in [-0.15, -0.1) is 0 Å². The number of halogens is 5. The van der Waals surface area contributed by atoms with E-state index in [9.17, 15) is 27.6 Å². The van der Waals surface area contributed by atoms with Gasteiger partial charge >= 0.3 is 17.9 Å². The molecule has 2 aliphatic heterocycles. The van der Waals surface area contributed by atoms with Crippen LogP contribution in [-0.2, 0) is 31.4 Å². The lowest BCUT2D eigenvalue weighted by atomic mass is 9.92. The van der Waals surface area contributed by atoms with Gasteiger partial charge in [-0.3, -0.25) is 18.8 Å². The van der Waals surface area contributed by atoms with Gasteiger partial charge in [-0.1, -0.05) is 53.5 Å². The SMILES string of the molecule is COCCN1CC[C@]2(CCN([C@H]3CCc4cc(-c5cccc(-c6cccc(Nc7nc(C(F)(F)F)cc8c7c(=O)n(C)c(=O)n8C)c6Cl)c5Cl)nc(OC)c43)C2)NC1=O. The predicted molar refractivity (Wildman–Crippen MR) is 219 cm³/mol. The molecule has 2 N–H and O–H groups in total. The Labute approximate surface area is 346 Å². The van der Waals surface area contributed by atoms with Crippen molar-refractivity contribution >= 4 is 51.6 Å². The summed E-state index contributed by atoms with van der Waals surface area (Å²) in [4.78, 5) is 51.9. The largest absolute Gasteiger partial charge is 0.481 e. The fourth-order valence-corrected chi connectivity index (χ4v) is 9.28. The van der Waals surface area contributed by atoms with Gasteiger partial charge in [0.2, 0.25) is 5.88 Å². The van der Waals surface area contributed by atoms with Crippen molar-refractivity contribution in [2.75, 3.05) is 52.3 Å². The van der Waals surface area contributed by atoms with Crippen LogP contribution in [-0.4, -0.2) is 87.5 Å². The van der Waals surface area contributed by atoms with E-state index in [1.165, 1.54) is 20.2 Å². The summed E-state index contributed by atoms with van der Waals surface area (Å²) in [5.74, 6) is 0.0735. The summed E-state index contributed by atoms with van der Waals surface area (Å²) < 4.78 is 55.0. The first kappa shape index (κ1) is 40.6. The van der Waals surface area contributed by atoms with Gasteiger partial charge in [0.05, 0.1) is 46.2 Å². The third-order valence-corrected chi connectivity index (χ3v) is 12.6. The molecule has 59 heavy (non-hydrogen) atoms. The molecule has 5 heterocycles. The van der Waals surface area contributed by atoms with Crippen molar-refractivity contribution in [3.05, 3.63) is 96.2 Å². The molecule has 2 fully saturated rings. The first-order valence-corrected chi connectivity index (χ1v) is 19.8. The summed E-state index contributed by atoms with van der Waals surface area (Å²) in [7, 11) is 5.73. The van der Waals surface area contributed by atoms with E-state index in [4.69, 9.17) is 37.7 Å². The minimum Gasteiger partial charge on any atom is -0.481 e. The van der Waals surface area contributed by atoms with E-state index in [2.05, 4.69) is 20.5 Å². The number of urea groups is 1. The number of likely N-dealkylation sites (tertiary alicyclic amines) is 1. The number of aromatic nitrogens is 4. The molecule has 8 rings (SSSR count). The van der Waals surface area contributed by atoms with Gasteiger partial charge in [0.1, 0.15) is 16.9 Å². The number of benzene rings is 2. The van der Waals surface area contributed by atoms with Crippen molar-refractivity contribution in [3.63, 3.8) is 0 Å². The number of methoxy groups -OCH3 is 2. The zero-order chi connectivity index (χ0) is 42.0. The van der Waals surface area contributed by atoms with E-state index >= 15 is 0 Å². The minimum atomic E-state index is -4.88. The third-order valence-electron chi connectivity index (χ3n) is 11.8. The molecule has 1 aliphatic carbocycles. The molecule has 0 radical (unpaired) electrons. The molecule has 0 saturated carbocycles. The Morgan fingerprint density at radius 1 is 0.949 bits per heavy atom. The van der Waals surface area contributed by atoms with E-state index in [1.807, 2.05) is 18.2 Å². The number of hydrogen-bond acceptors (Lipinski definition) is 9. The van der Waals surface area contributed by atoms with Crippen molar-refractivity contribution in [2.45, 2.75) is 43.4 Å². The Morgan fingerprint density at radius 2 is 1.66 bits per heavy atom. The molecule has 2 saturated heterocycles. The number of anilines is 2. The maximum Gasteiger partial charge on any atom is 0.433 e. The van der Waals surface area contributed by atoms with Crippen LogP contribution in [0.25, 0.3) is 33.3 Å². The first-order chi connectivity index (χ1) is 28.1. The summed E-state index contributed by atoms with van der Waals surface area (Å²) in [5, 5.41) is 6.35. The van der Waals surface area contributed by atoms with Gasteiger partial charge in [-0.25, -0.2) is 19.6 Å². The molecule has 2 aromatic carbocycles. The van der Waals surface area contributed by atoms with E-state index in [0.29, 0.717) is 59.0 Å². The topological polar surface area (TPSA) is 136 Å². The first-order valence-electron chi connectivity index (χ1n) is 19.1. The van der Waals surface area contributed by atoms with Crippen molar-refractivity contribution in [1.29, 1.82) is 0 Å². The molecule has 2 amide bonds. The molecule has 3 aliphatic rings. The number of carbonyl (C=O) groups is 1. The molecule has 18 heteroatoms. The number of amides is 2. The monoisotopic (exact) mass is 852 g/mol. The van der Waals surface area contributed by atoms with Crippen molar-refractivity contribution in [3.8, 4) is 28.3 Å². The Bertz CT molecular complexity index is 2640. The number of rotatable bonds is 9. The van der Waals surface area contributed by atoms with Gasteiger partial charge < -0.3 is 25.0 Å². The number of nitrogens with one attached hydrogen (secondary N) is 2. The van der Waals surface area contributed by atoms with Crippen LogP contribution in [0.3, 0.4) is 0 Å². The van der Waals surface area contributed by atoms with E-state index in [1.54, 1.807) is 37.3 Å². The van der Waals surface area contributed by atoms with E-state index < -0.39 is 28.9 Å². The summed E-state index contributed by atoms with van der Waals surface area (Å²) in [5.41, 5.74) is 0.987. The van der Waals surface area contributed by atoms with Gasteiger partial charge in [-0.2, -0.15) is 13.2 Å². The lowest BCUT2D eigenvalue weighted by molar-refractivity contribution is -0.141. The van der Waals surface area contributed by atoms with Crippen LogP contribution >= 0.6 is 23.2 Å². The number of aryl methyl sites for hydroxylation is 2. The molecule has 5 aromatic rings. The normalized spacial score (nSPS) is 19.4. The van der Waals surface area contributed by atoms with Gasteiger partial charge in [0, 0.05) is 75.7 Å². The number of ether oxygens (including phenoxy) is 2. The van der Waals surface area contributed by atoms with E-state index in [-0.39, 0.29) is 39.2 Å². The maximum absolute atomic E-state index is 14.0. The van der Waals surface area contributed by atoms with Gasteiger partial charge in [0.15, 0.2) is 0 Å². The van der Waals surface area contributed by atoms with Crippen LogP contribution < -0.4 is 26.6 Å². The van der Waals surface area contributed by atoms with Crippen LogP contribution in [0, 0.1) is 0 Å². The molecular weight excluding hydrogens is 812 g/mol. The van der Waals surface area contributed by atoms with Gasteiger partial charge in [0.25, 0.3) is 5.56 Å². The zero-order valence-corrected chi connectivity index (χ0v) is 34.2. The fraction of sp³-hybridized carbons (Fsp3) is 0.390. The summed E-state index contributed by atoms with van der Waals surface area (Å²) >= 11 is 14.1. The minimum absolute atomic E-state index is 0.0585. The van der Waals surface area contributed by atoms with Crippen LogP contribution in [0.5, 0.6) is 5.88 Å². The fourth-order valence-electron chi connectivity index (χ4n) is 8.68. The van der Waals surface area contributed by atoms with Crippen LogP contribution in [0.15, 0.2) is 58.1 Å². The third kappa shape index (κ3) is 7.19. The Morgan fingerprint density at radius 3 is 2.37 bits per heavy atom. The second-order valence-electron chi connectivity index (χ2n) is 15.2. The number of pyridine rings is 2. The van der Waals surface area contributed by atoms with E-state index in [0.717, 1.165) is 59.0 Å². The molecule has 13 nitrogen and oxygen atoms in total. The molecule has 3 aromatic heterocycles. The second-order valence-corrected chi connectivity index (χ2v) is 16.0. The predicted octanol–water partition coefficient (Wildman–Crippen LogP) is 6.93. The summed E-state index contributed by atoms with van der Waals surface area (Å²) in [6.45, 7) is 3.28. The number of nitrogens with zero attached hydrogens (tertiary/aromatic N) is 6. The lowest BCUT2D eigenvalue weighted by Gasteiger charge is -2.40. The molecule has 2 atom stereocenters. The molecule has 0 unspecified atom stereocenters. The highest BCUT2D eigenvalue weighted by Crippen LogP contribution is 2.47. The standard InChI is InChI=1S/C41H41Cl2F3N8O5/c1-51-29-20-30(41(44,45)46)49-35(32(29)37(55)52(2)39(51)57)47-26-10-6-8-24(34(26)43)23-7-5-9-25(33(23)42)27-19-22-11-12-28(31(22)36(48-27)59-4)54-16-14-40(21-54)13-15-53(17-18-58-3)38(56)50-40/h5-10,19-20,28H,11-18,21H2,1-4H3,(H,47,49)(H,50,56)/t28-,40+/m0/s1. The Balaban J connectivity index is 1.10. The van der Waals surface area contributed by atoms with Crippen LogP contribution in [0.2, 0.25) is 10.0 Å². The highest BCUT2D eigenvalue weighted by molar-refractivity contribution is 6.39. The Kier molecular flexibility index (Phi) is 10.6. The number of hydrogen-bond donors (Lipinski definition) is 2. The van der Waals surface area contributed by atoms with Crippen LogP contribution in [0.1, 0.15) is 42.1 Å². The van der Waals surface area contributed by atoms with Crippen molar-refractivity contribution < 1.29 is 27.4 Å². The Hall–Kier alpha value is -5.16. The lowest BCUT2D eigenvalue weighted by Crippen LogP contribution is -2.61. The van der Waals surface area contributed by atoms with Crippen molar-refractivity contribution in [1.82, 2.24) is 34.2 Å². The second kappa shape index (κ2) is 15.5. The molecular formula is C41H41Cl2F3N8O5. The van der Waals surface area contributed by atoms with Crippen LogP contribution in [0.4, 0.5) is 29.5 Å². The van der Waals surface area contributed by atoms with Crippen molar-refractivity contribution in [2.24, 2.45) is 14.1 Å². The quantitative estimate of drug-likeness (QED) is 0.162. The zero-order valence-electron chi connectivity index (χ0n) is 32.7.